The van der Waals surface area contributed by atoms with Crippen LogP contribution in [0.2, 0.25) is 0 Å². The maximum Gasteiger partial charge on any atom is 0.325 e. The number of imide groups is 1. The van der Waals surface area contributed by atoms with Gasteiger partial charge in [0.15, 0.2) is 0 Å². The van der Waals surface area contributed by atoms with Crippen LogP contribution in [0.5, 0.6) is 11.5 Å². The summed E-state index contributed by atoms with van der Waals surface area (Å²) in [6.07, 6.45) is 0.491. The average molecular weight is 422 g/mol. The number of carbonyl (C=O) groups excluding carboxylic acids is 3. The molecule has 31 heavy (non-hydrogen) atoms. The SMILES string of the molecule is COc1ccc(C2=NN(C(=O)CN3C(=O)CNC3=O)C(c3ccc(OC)cc3)C2)cc1. The van der Waals surface area contributed by atoms with Crippen LogP contribution >= 0.6 is 0 Å². The molecule has 160 valence electrons. The summed E-state index contributed by atoms with van der Waals surface area (Å²) < 4.78 is 10.4. The highest BCUT2D eigenvalue weighted by Gasteiger charge is 2.37. The number of amides is 4. The van der Waals surface area contributed by atoms with Gasteiger partial charge in [-0.2, -0.15) is 5.10 Å². The number of rotatable bonds is 6. The van der Waals surface area contributed by atoms with E-state index in [-0.39, 0.29) is 19.1 Å². The first-order valence-corrected chi connectivity index (χ1v) is 9.76. The van der Waals surface area contributed by atoms with E-state index in [1.54, 1.807) is 14.2 Å². The average Bonchev–Trinajstić information content (AvgIpc) is 3.38. The molecule has 1 atom stereocenters. The largest absolute Gasteiger partial charge is 0.497 e. The molecule has 9 nitrogen and oxygen atoms in total. The number of hydrogen-bond donors (Lipinski definition) is 1. The van der Waals surface area contributed by atoms with Crippen molar-refractivity contribution in [3.8, 4) is 11.5 Å². The molecular formula is C22H22N4O5. The Morgan fingerprint density at radius 1 is 1.03 bits per heavy atom. The van der Waals surface area contributed by atoms with Crippen LogP contribution in [-0.2, 0) is 9.59 Å². The number of benzene rings is 2. The predicted molar refractivity (Wildman–Crippen MR) is 112 cm³/mol. The molecule has 2 heterocycles. The van der Waals surface area contributed by atoms with Crippen LogP contribution in [0, 0.1) is 0 Å². The van der Waals surface area contributed by atoms with Gasteiger partial charge in [0.05, 0.1) is 32.5 Å². The number of methoxy groups -OCH3 is 2. The first-order chi connectivity index (χ1) is 15.0. The Bertz CT molecular complexity index is 1020. The summed E-state index contributed by atoms with van der Waals surface area (Å²) in [4.78, 5) is 37.8. The first-order valence-electron chi connectivity index (χ1n) is 9.76. The predicted octanol–water partition coefficient (Wildman–Crippen LogP) is 1.93. The van der Waals surface area contributed by atoms with E-state index in [1.165, 1.54) is 5.01 Å². The van der Waals surface area contributed by atoms with E-state index < -0.39 is 17.8 Å². The number of carbonyl (C=O) groups is 3. The van der Waals surface area contributed by atoms with Crippen LogP contribution in [0.1, 0.15) is 23.6 Å². The van der Waals surface area contributed by atoms with Crippen molar-refractivity contribution in [1.29, 1.82) is 0 Å². The second-order valence-electron chi connectivity index (χ2n) is 7.15. The van der Waals surface area contributed by atoms with E-state index in [9.17, 15) is 14.4 Å². The number of urea groups is 1. The lowest BCUT2D eigenvalue weighted by Gasteiger charge is -2.23. The Morgan fingerprint density at radius 3 is 2.19 bits per heavy atom. The van der Waals surface area contributed by atoms with Crippen molar-refractivity contribution in [2.75, 3.05) is 27.3 Å². The van der Waals surface area contributed by atoms with Crippen molar-refractivity contribution in [1.82, 2.24) is 15.2 Å². The Labute approximate surface area is 179 Å². The number of nitrogens with one attached hydrogen (secondary N) is 1. The van der Waals surface area contributed by atoms with Gasteiger partial charge in [-0.3, -0.25) is 14.5 Å². The molecule has 0 aromatic heterocycles. The fraction of sp³-hybridized carbons (Fsp3) is 0.273. The van der Waals surface area contributed by atoms with Gasteiger partial charge in [0.25, 0.3) is 11.8 Å². The molecule has 0 radical (unpaired) electrons. The zero-order valence-corrected chi connectivity index (χ0v) is 17.2. The summed E-state index contributed by atoms with van der Waals surface area (Å²) in [6.45, 7) is -0.467. The van der Waals surface area contributed by atoms with Crippen LogP contribution in [0.15, 0.2) is 53.6 Å². The van der Waals surface area contributed by atoms with Gasteiger partial charge < -0.3 is 14.8 Å². The normalized spacial score (nSPS) is 18.1. The third kappa shape index (κ3) is 4.07. The minimum absolute atomic E-state index is 0.103. The lowest BCUT2D eigenvalue weighted by Crippen LogP contribution is -2.41. The molecule has 2 aromatic rings. The van der Waals surface area contributed by atoms with Crippen LogP contribution in [0.4, 0.5) is 4.79 Å². The molecule has 2 aromatic carbocycles. The van der Waals surface area contributed by atoms with Gasteiger partial charge in [-0.05, 0) is 47.5 Å². The van der Waals surface area contributed by atoms with Gasteiger partial charge >= 0.3 is 6.03 Å². The molecule has 0 aliphatic carbocycles. The maximum atomic E-state index is 13.1. The Kier molecular flexibility index (Phi) is 5.57. The first kappa shape index (κ1) is 20.4. The third-order valence-electron chi connectivity index (χ3n) is 5.32. The highest BCUT2D eigenvalue weighted by Crippen LogP contribution is 2.34. The molecule has 1 fully saturated rings. The van der Waals surface area contributed by atoms with E-state index in [0.29, 0.717) is 12.2 Å². The van der Waals surface area contributed by atoms with Crippen molar-refractivity contribution in [2.24, 2.45) is 5.10 Å². The van der Waals surface area contributed by atoms with Gasteiger partial charge in [-0.25, -0.2) is 9.80 Å². The Balaban J connectivity index is 1.63. The van der Waals surface area contributed by atoms with Gasteiger partial charge in [-0.15, -0.1) is 0 Å². The minimum Gasteiger partial charge on any atom is -0.497 e. The standard InChI is InChI=1S/C22H22N4O5/c1-30-16-7-3-14(4-8-16)18-11-19(15-5-9-17(31-2)10-6-15)26(24-18)21(28)13-25-20(27)12-23-22(25)29/h3-10,19H,11-13H2,1-2H3,(H,23,29). The number of hydrogen-bond acceptors (Lipinski definition) is 6. The van der Waals surface area contributed by atoms with Crippen LogP contribution in [0.3, 0.4) is 0 Å². The van der Waals surface area contributed by atoms with Crippen molar-refractivity contribution in [2.45, 2.75) is 12.5 Å². The van der Waals surface area contributed by atoms with Crippen molar-refractivity contribution < 1.29 is 23.9 Å². The van der Waals surface area contributed by atoms with Gasteiger partial charge in [0.2, 0.25) is 0 Å². The highest BCUT2D eigenvalue weighted by molar-refractivity contribution is 6.06. The summed E-state index contributed by atoms with van der Waals surface area (Å²) in [6, 6.07) is 13.9. The minimum atomic E-state index is -0.571. The molecule has 0 bridgehead atoms. The van der Waals surface area contributed by atoms with Gasteiger partial charge in [-0.1, -0.05) is 12.1 Å². The molecule has 1 saturated heterocycles. The summed E-state index contributed by atoms with van der Waals surface area (Å²) in [5.41, 5.74) is 2.47. The molecule has 9 heteroatoms. The third-order valence-corrected chi connectivity index (χ3v) is 5.32. The molecule has 4 rings (SSSR count). The van der Waals surface area contributed by atoms with Crippen molar-refractivity contribution in [3.05, 3.63) is 59.7 Å². The van der Waals surface area contributed by atoms with Gasteiger partial charge in [0.1, 0.15) is 18.0 Å². The summed E-state index contributed by atoms with van der Waals surface area (Å²) >= 11 is 0. The van der Waals surface area contributed by atoms with E-state index in [2.05, 4.69) is 10.4 Å². The molecule has 0 saturated carbocycles. The number of hydrazone groups is 1. The molecule has 4 amide bonds. The second kappa shape index (κ2) is 8.47. The molecule has 1 unspecified atom stereocenters. The number of nitrogens with zero attached hydrogens (tertiary/aromatic N) is 3. The van der Waals surface area contributed by atoms with E-state index in [0.717, 1.165) is 27.5 Å². The zero-order chi connectivity index (χ0) is 22.0. The zero-order valence-electron chi connectivity index (χ0n) is 17.2. The molecular weight excluding hydrogens is 400 g/mol. The van der Waals surface area contributed by atoms with Gasteiger partial charge in [0, 0.05) is 6.42 Å². The quantitative estimate of drug-likeness (QED) is 0.717. The Hall–Kier alpha value is -3.88. The second-order valence-corrected chi connectivity index (χ2v) is 7.15. The monoisotopic (exact) mass is 422 g/mol. The molecule has 0 spiro atoms. The smallest absolute Gasteiger partial charge is 0.325 e. The molecule has 1 N–H and O–H groups in total. The van der Waals surface area contributed by atoms with Crippen LogP contribution in [0.25, 0.3) is 0 Å². The van der Waals surface area contributed by atoms with E-state index in [1.807, 2.05) is 48.5 Å². The molecule has 2 aliphatic rings. The number of ether oxygens (including phenoxy) is 2. The lowest BCUT2D eigenvalue weighted by atomic mass is 9.98. The van der Waals surface area contributed by atoms with Crippen molar-refractivity contribution in [3.63, 3.8) is 0 Å². The summed E-state index contributed by atoms with van der Waals surface area (Å²) in [7, 11) is 3.18. The maximum absolute atomic E-state index is 13.1. The van der Waals surface area contributed by atoms with E-state index in [4.69, 9.17) is 9.47 Å². The topological polar surface area (TPSA) is 101 Å². The molecule has 2 aliphatic heterocycles. The van der Waals surface area contributed by atoms with E-state index >= 15 is 0 Å². The van der Waals surface area contributed by atoms with Crippen LogP contribution in [-0.4, -0.2) is 60.8 Å². The Morgan fingerprint density at radius 2 is 1.65 bits per heavy atom. The lowest BCUT2D eigenvalue weighted by molar-refractivity contribution is -0.137. The fourth-order valence-electron chi connectivity index (χ4n) is 3.61. The fourth-order valence-corrected chi connectivity index (χ4v) is 3.61. The summed E-state index contributed by atoms with van der Waals surface area (Å²) in [5.74, 6) is 0.559. The highest BCUT2D eigenvalue weighted by atomic mass is 16.5. The van der Waals surface area contributed by atoms with Crippen molar-refractivity contribution >= 4 is 23.6 Å². The van der Waals surface area contributed by atoms with Crippen LogP contribution < -0.4 is 14.8 Å². The summed E-state index contributed by atoms with van der Waals surface area (Å²) in [5, 5.41) is 8.35.